The minimum Gasteiger partial charge on any atom is -0.369 e. The number of nitrogens with two attached hydrogens (primary N) is 2. The maximum absolute atomic E-state index is 13.6. The predicted octanol–water partition coefficient (Wildman–Crippen LogP) is 1.16. The van der Waals surface area contributed by atoms with Crippen LogP contribution in [0.25, 0.3) is 22.2 Å². The first-order valence-corrected chi connectivity index (χ1v) is 13.6. The molecule has 2 aliphatic heterocycles. The number of aromatic nitrogens is 2. The number of nitrogens with zero attached hydrogens (tertiary/aromatic N) is 4. The minimum absolute atomic E-state index is 0.0103. The quantitative estimate of drug-likeness (QED) is 0.401. The molecule has 0 bridgehead atoms. The second kappa shape index (κ2) is 8.23. The Bertz CT molecular complexity index is 1570. The Morgan fingerprint density at radius 2 is 1.76 bits per heavy atom. The Kier molecular flexibility index (Phi) is 5.47. The van der Waals surface area contributed by atoms with Crippen LogP contribution in [0.3, 0.4) is 0 Å². The second-order valence-electron chi connectivity index (χ2n) is 8.04. The lowest BCUT2D eigenvalue weighted by Gasteiger charge is -2.24. The third-order valence-corrected chi connectivity index (χ3v) is 9.36. The number of aliphatic imine (C=N–C) groups is 1. The summed E-state index contributed by atoms with van der Waals surface area (Å²) in [7, 11) is -8.57. The number of anilines is 1. The first-order chi connectivity index (χ1) is 16.2. The third-order valence-electron chi connectivity index (χ3n) is 5.93. The number of benzene rings is 2. The lowest BCUT2D eigenvalue weighted by Crippen LogP contribution is -2.36. The number of hydrogen-bond acceptors (Lipinski definition) is 10. The van der Waals surface area contributed by atoms with E-state index in [1.165, 1.54) is 12.1 Å². The van der Waals surface area contributed by atoms with E-state index in [-0.39, 0.29) is 28.9 Å². The number of piperidine rings is 1. The summed E-state index contributed by atoms with van der Waals surface area (Å²) in [5, 5.41) is 15.8. The summed E-state index contributed by atoms with van der Waals surface area (Å²) in [6.45, 7) is 1.02. The van der Waals surface area contributed by atoms with E-state index >= 15 is 0 Å². The van der Waals surface area contributed by atoms with Gasteiger partial charge in [0.1, 0.15) is 4.90 Å². The number of para-hydroxylation sites is 1. The number of aromatic amines is 1. The summed E-state index contributed by atoms with van der Waals surface area (Å²) < 4.78 is 53.1. The smallest absolute Gasteiger partial charge is 0.240 e. The molecule has 0 unspecified atom stereocenters. The first kappa shape index (κ1) is 22.6. The summed E-state index contributed by atoms with van der Waals surface area (Å²) >= 11 is 0. The van der Waals surface area contributed by atoms with Gasteiger partial charge in [-0.2, -0.15) is 5.11 Å². The van der Waals surface area contributed by atoms with Gasteiger partial charge in [-0.05, 0) is 43.6 Å². The molecule has 0 spiro atoms. The molecule has 0 atom stereocenters. The standard InChI is InChI=1S/C20H22N8O4S2/c21-20-26-14-3-1-2-13(17(14)27-20)12-4-5-15(33(29,30)11-6-8-23-9-7-11)18(34(22,31)32)16(12)19-24-10-25-28-19/h1-5,11,23H,6-10H2,(H3,21,26,27)(H2,22,31,32). The van der Waals surface area contributed by atoms with Crippen LogP contribution in [0.15, 0.2) is 55.3 Å². The number of hydrogen-bond donors (Lipinski definition) is 4. The number of nitrogen functional groups attached to an aromatic ring is 1. The molecule has 5 rings (SSSR count). The van der Waals surface area contributed by atoms with Crippen LogP contribution in [0.5, 0.6) is 0 Å². The summed E-state index contributed by atoms with van der Waals surface area (Å²) in [5.74, 6) is 0.167. The van der Waals surface area contributed by atoms with Crippen LogP contribution in [0.1, 0.15) is 18.4 Å². The number of amidine groups is 1. The number of imidazole rings is 1. The van der Waals surface area contributed by atoms with Crippen molar-refractivity contribution in [3.63, 3.8) is 0 Å². The van der Waals surface area contributed by atoms with E-state index in [1.807, 2.05) is 0 Å². The van der Waals surface area contributed by atoms with Gasteiger partial charge in [0.15, 0.2) is 28.3 Å². The SMILES string of the molecule is Nc1nc2c(-c3ccc(S(=O)(=O)C4CCNCC4)c(S(N)(=O)=O)c3C3=NCN=N3)cccc2[nH]1. The molecule has 1 aromatic heterocycles. The number of fused-ring (bicyclic) bond motifs is 1. The highest BCUT2D eigenvalue weighted by molar-refractivity contribution is 7.94. The Morgan fingerprint density at radius 1 is 1.00 bits per heavy atom. The summed E-state index contributed by atoms with van der Waals surface area (Å²) in [4.78, 5) is 10.5. The van der Waals surface area contributed by atoms with Gasteiger partial charge in [-0.25, -0.2) is 32.0 Å². The monoisotopic (exact) mass is 502 g/mol. The minimum atomic E-state index is -4.53. The number of rotatable bonds is 5. The molecule has 2 aliphatic rings. The van der Waals surface area contributed by atoms with E-state index in [0.717, 1.165) is 0 Å². The number of H-pyrrole nitrogens is 1. The van der Waals surface area contributed by atoms with Crippen LogP contribution < -0.4 is 16.2 Å². The van der Waals surface area contributed by atoms with Crippen molar-refractivity contribution in [2.45, 2.75) is 27.9 Å². The highest BCUT2D eigenvalue weighted by atomic mass is 32.2. The van der Waals surface area contributed by atoms with Crippen molar-refractivity contribution in [3.05, 3.63) is 35.9 Å². The van der Waals surface area contributed by atoms with Gasteiger partial charge in [-0.1, -0.05) is 18.2 Å². The van der Waals surface area contributed by atoms with E-state index in [9.17, 15) is 16.8 Å². The second-order valence-corrected chi connectivity index (χ2v) is 11.7. The lowest BCUT2D eigenvalue weighted by molar-refractivity contribution is 0.495. The molecule has 12 nitrogen and oxygen atoms in total. The molecule has 0 aliphatic carbocycles. The third kappa shape index (κ3) is 3.77. The van der Waals surface area contributed by atoms with Crippen molar-refractivity contribution in [3.8, 4) is 11.1 Å². The Labute approximate surface area is 195 Å². The van der Waals surface area contributed by atoms with Gasteiger partial charge in [-0.3, -0.25) is 0 Å². The fraction of sp³-hybridized carbons (Fsp3) is 0.300. The van der Waals surface area contributed by atoms with Crippen molar-refractivity contribution >= 4 is 42.7 Å². The number of nitrogens with one attached hydrogen (secondary N) is 2. The molecule has 2 aromatic carbocycles. The fourth-order valence-electron chi connectivity index (χ4n) is 4.43. The number of primary sulfonamides is 1. The number of sulfonamides is 1. The predicted molar refractivity (Wildman–Crippen MR) is 127 cm³/mol. The molecule has 1 saturated heterocycles. The van der Waals surface area contributed by atoms with Crippen LogP contribution in [-0.4, -0.2) is 57.6 Å². The van der Waals surface area contributed by atoms with E-state index in [0.29, 0.717) is 48.1 Å². The Hall–Kier alpha value is -3.20. The van der Waals surface area contributed by atoms with Crippen molar-refractivity contribution < 1.29 is 16.8 Å². The van der Waals surface area contributed by atoms with E-state index in [1.54, 1.807) is 18.2 Å². The van der Waals surface area contributed by atoms with Crippen molar-refractivity contribution in [2.24, 2.45) is 20.4 Å². The Balaban J connectivity index is 1.86. The zero-order chi connectivity index (χ0) is 24.1. The Morgan fingerprint density at radius 3 is 2.44 bits per heavy atom. The number of azo groups is 1. The number of sulfone groups is 1. The molecule has 0 amide bonds. The molecular formula is C20H22N8O4S2. The molecule has 0 radical (unpaired) electrons. The van der Waals surface area contributed by atoms with Crippen LogP contribution >= 0.6 is 0 Å². The largest absolute Gasteiger partial charge is 0.369 e. The summed E-state index contributed by atoms with van der Waals surface area (Å²) in [6.07, 6.45) is 0.714. The van der Waals surface area contributed by atoms with Gasteiger partial charge in [0.2, 0.25) is 10.0 Å². The van der Waals surface area contributed by atoms with Gasteiger partial charge in [-0.15, -0.1) is 5.11 Å². The molecule has 178 valence electrons. The van der Waals surface area contributed by atoms with Gasteiger partial charge < -0.3 is 16.0 Å². The van der Waals surface area contributed by atoms with Gasteiger partial charge in [0, 0.05) is 5.56 Å². The summed E-state index contributed by atoms with van der Waals surface area (Å²) in [6, 6.07) is 8.06. The molecule has 14 heteroatoms. The van der Waals surface area contributed by atoms with Crippen molar-refractivity contribution in [1.82, 2.24) is 15.3 Å². The van der Waals surface area contributed by atoms with Crippen molar-refractivity contribution in [2.75, 3.05) is 25.5 Å². The van der Waals surface area contributed by atoms with Crippen LogP contribution in [0.4, 0.5) is 5.95 Å². The van der Waals surface area contributed by atoms with Gasteiger partial charge >= 0.3 is 0 Å². The van der Waals surface area contributed by atoms with E-state index in [4.69, 9.17) is 10.9 Å². The molecule has 34 heavy (non-hydrogen) atoms. The highest BCUT2D eigenvalue weighted by Crippen LogP contribution is 2.39. The van der Waals surface area contributed by atoms with Crippen LogP contribution in [0, 0.1) is 0 Å². The normalized spacial score (nSPS) is 17.4. The maximum Gasteiger partial charge on any atom is 0.240 e. The van der Waals surface area contributed by atoms with Gasteiger partial charge in [0.05, 0.1) is 26.7 Å². The average Bonchev–Trinajstić information content (AvgIpc) is 3.47. The van der Waals surface area contributed by atoms with Crippen LogP contribution in [0.2, 0.25) is 0 Å². The zero-order valence-electron chi connectivity index (χ0n) is 17.9. The van der Waals surface area contributed by atoms with Gasteiger partial charge in [0.25, 0.3) is 0 Å². The molecule has 0 saturated carbocycles. The topological polar surface area (TPSA) is 198 Å². The highest BCUT2D eigenvalue weighted by Gasteiger charge is 2.37. The maximum atomic E-state index is 13.6. The molecule has 1 fully saturated rings. The van der Waals surface area contributed by atoms with Crippen LogP contribution in [-0.2, 0) is 19.9 Å². The average molecular weight is 503 g/mol. The van der Waals surface area contributed by atoms with E-state index in [2.05, 4.69) is 30.5 Å². The molecule has 6 N–H and O–H groups in total. The molecule has 3 heterocycles. The lowest BCUT2D eigenvalue weighted by atomic mass is 9.97. The van der Waals surface area contributed by atoms with Crippen molar-refractivity contribution in [1.29, 1.82) is 0 Å². The molecule has 3 aromatic rings. The van der Waals surface area contributed by atoms with E-state index < -0.39 is 30.0 Å². The first-order valence-electron chi connectivity index (χ1n) is 10.5. The fourth-order valence-corrected chi connectivity index (χ4v) is 7.79. The zero-order valence-corrected chi connectivity index (χ0v) is 19.5. The summed E-state index contributed by atoms with van der Waals surface area (Å²) in [5.41, 5.74) is 7.78. The molecular weight excluding hydrogens is 480 g/mol.